The fourth-order valence-corrected chi connectivity index (χ4v) is 1.13. The Balaban J connectivity index is 4.14. The van der Waals surface area contributed by atoms with Gasteiger partial charge < -0.3 is 0 Å². The normalized spacial score (nSPS) is 11.1. The lowest BCUT2D eigenvalue weighted by molar-refractivity contribution is 0.931. The van der Waals surface area contributed by atoms with Crippen LogP contribution in [0.2, 0.25) is 0 Å². The van der Waals surface area contributed by atoms with Gasteiger partial charge in [0.2, 0.25) is 0 Å². The van der Waals surface area contributed by atoms with Gasteiger partial charge in [-0.15, -0.1) is 11.6 Å². The maximum atomic E-state index is 5.61. The average Bonchev–Trinajstić information content (AvgIpc) is 2.00. The first-order chi connectivity index (χ1) is 5.70. The standard InChI is InChI=1S/C11H17Cl/c1-4-6-11(7-5-8-12)9-10(2)3/h4,6,9H,1,5,7-8H2,2-3H3/b11-6-. The maximum Gasteiger partial charge on any atom is 0.0226 e. The van der Waals surface area contributed by atoms with Crippen molar-refractivity contribution >= 4 is 11.6 Å². The van der Waals surface area contributed by atoms with Crippen LogP contribution in [0.3, 0.4) is 0 Å². The summed E-state index contributed by atoms with van der Waals surface area (Å²) in [5.41, 5.74) is 2.63. The van der Waals surface area contributed by atoms with Crippen molar-refractivity contribution < 1.29 is 0 Å². The van der Waals surface area contributed by atoms with E-state index in [1.807, 2.05) is 12.2 Å². The first kappa shape index (κ1) is 11.5. The van der Waals surface area contributed by atoms with Gasteiger partial charge in [-0.2, -0.15) is 0 Å². The minimum absolute atomic E-state index is 0.727. The molecule has 0 aliphatic heterocycles. The largest absolute Gasteiger partial charge is 0.127 e. The number of alkyl halides is 1. The van der Waals surface area contributed by atoms with E-state index >= 15 is 0 Å². The molecule has 0 heterocycles. The van der Waals surface area contributed by atoms with Crippen LogP contribution in [0.5, 0.6) is 0 Å². The molecule has 0 unspecified atom stereocenters. The van der Waals surface area contributed by atoms with E-state index in [1.54, 1.807) is 0 Å². The molecule has 0 rings (SSSR count). The second kappa shape index (κ2) is 7.17. The van der Waals surface area contributed by atoms with E-state index in [1.165, 1.54) is 11.1 Å². The molecule has 0 aromatic rings. The molecule has 0 aromatic heterocycles. The van der Waals surface area contributed by atoms with Crippen molar-refractivity contribution in [3.05, 3.63) is 36.0 Å². The molecule has 0 aliphatic rings. The van der Waals surface area contributed by atoms with Gasteiger partial charge in [0.15, 0.2) is 0 Å². The van der Waals surface area contributed by atoms with Crippen molar-refractivity contribution in [3.8, 4) is 0 Å². The molecule has 0 N–H and O–H groups in total. The number of hydrogen-bond donors (Lipinski definition) is 0. The molecule has 0 nitrogen and oxygen atoms in total. The highest BCUT2D eigenvalue weighted by molar-refractivity contribution is 6.17. The zero-order chi connectivity index (χ0) is 9.40. The number of allylic oxidation sites excluding steroid dienone is 5. The Morgan fingerprint density at radius 1 is 1.42 bits per heavy atom. The molecule has 0 atom stereocenters. The van der Waals surface area contributed by atoms with Crippen molar-refractivity contribution in [2.75, 3.05) is 5.88 Å². The van der Waals surface area contributed by atoms with Gasteiger partial charge in [0.05, 0.1) is 0 Å². The van der Waals surface area contributed by atoms with Gasteiger partial charge in [0.25, 0.3) is 0 Å². The van der Waals surface area contributed by atoms with Crippen molar-refractivity contribution in [3.63, 3.8) is 0 Å². The molecule has 0 amide bonds. The summed E-state index contributed by atoms with van der Waals surface area (Å²) in [6.07, 6.45) is 8.11. The quantitative estimate of drug-likeness (QED) is 0.446. The van der Waals surface area contributed by atoms with Crippen LogP contribution in [0.15, 0.2) is 36.0 Å². The van der Waals surface area contributed by atoms with Crippen LogP contribution >= 0.6 is 11.6 Å². The van der Waals surface area contributed by atoms with Gasteiger partial charge in [0, 0.05) is 5.88 Å². The summed E-state index contributed by atoms with van der Waals surface area (Å²) in [6.45, 7) is 7.87. The molecule has 0 aliphatic carbocycles. The fraction of sp³-hybridized carbons (Fsp3) is 0.455. The van der Waals surface area contributed by atoms with Crippen LogP contribution in [0.4, 0.5) is 0 Å². The molecule has 0 spiro atoms. The molecule has 0 fully saturated rings. The monoisotopic (exact) mass is 184 g/mol. The molecular formula is C11H17Cl. The lowest BCUT2D eigenvalue weighted by atomic mass is 10.1. The van der Waals surface area contributed by atoms with Crippen molar-refractivity contribution in [1.82, 2.24) is 0 Å². The van der Waals surface area contributed by atoms with Gasteiger partial charge in [-0.3, -0.25) is 0 Å². The summed E-state index contributed by atoms with van der Waals surface area (Å²) in [7, 11) is 0. The summed E-state index contributed by atoms with van der Waals surface area (Å²) in [5, 5.41) is 0. The molecule has 0 saturated heterocycles. The molecular weight excluding hydrogens is 168 g/mol. The third-order valence-electron chi connectivity index (χ3n) is 1.41. The van der Waals surface area contributed by atoms with Crippen LogP contribution in [0.1, 0.15) is 26.7 Å². The minimum atomic E-state index is 0.727. The summed E-state index contributed by atoms with van der Waals surface area (Å²) < 4.78 is 0. The van der Waals surface area contributed by atoms with E-state index < -0.39 is 0 Å². The van der Waals surface area contributed by atoms with E-state index in [4.69, 9.17) is 11.6 Å². The van der Waals surface area contributed by atoms with Gasteiger partial charge in [-0.1, -0.05) is 30.4 Å². The van der Waals surface area contributed by atoms with Crippen LogP contribution in [-0.4, -0.2) is 5.88 Å². The zero-order valence-corrected chi connectivity index (χ0v) is 8.69. The average molecular weight is 185 g/mol. The Morgan fingerprint density at radius 2 is 2.08 bits per heavy atom. The van der Waals surface area contributed by atoms with E-state index in [0.717, 1.165) is 18.7 Å². The summed E-state index contributed by atoms with van der Waals surface area (Å²) >= 11 is 5.61. The molecule has 1 heteroatoms. The molecule has 0 bridgehead atoms. The van der Waals surface area contributed by atoms with Crippen molar-refractivity contribution in [2.24, 2.45) is 0 Å². The van der Waals surface area contributed by atoms with E-state index in [9.17, 15) is 0 Å². The highest BCUT2D eigenvalue weighted by atomic mass is 35.5. The predicted molar refractivity (Wildman–Crippen MR) is 57.7 cm³/mol. The summed E-state index contributed by atoms with van der Waals surface area (Å²) in [6, 6.07) is 0. The number of hydrogen-bond acceptors (Lipinski definition) is 0. The minimum Gasteiger partial charge on any atom is -0.127 e. The van der Waals surface area contributed by atoms with Crippen molar-refractivity contribution in [1.29, 1.82) is 0 Å². The summed E-state index contributed by atoms with van der Waals surface area (Å²) in [5.74, 6) is 0.727. The van der Waals surface area contributed by atoms with Crippen LogP contribution in [0, 0.1) is 0 Å². The molecule has 0 radical (unpaired) electrons. The first-order valence-corrected chi connectivity index (χ1v) is 4.76. The third-order valence-corrected chi connectivity index (χ3v) is 1.67. The van der Waals surface area contributed by atoms with E-state index in [2.05, 4.69) is 26.5 Å². The molecule has 68 valence electrons. The molecule has 0 aromatic carbocycles. The van der Waals surface area contributed by atoms with Gasteiger partial charge in [0.1, 0.15) is 0 Å². The highest BCUT2D eigenvalue weighted by Crippen LogP contribution is 2.10. The Hall–Kier alpha value is -0.490. The molecule has 12 heavy (non-hydrogen) atoms. The summed E-state index contributed by atoms with van der Waals surface area (Å²) in [4.78, 5) is 0. The number of halogens is 1. The Morgan fingerprint density at radius 3 is 2.50 bits per heavy atom. The van der Waals surface area contributed by atoms with E-state index in [0.29, 0.717) is 0 Å². The Bertz CT molecular complexity index is 183. The fourth-order valence-electron chi connectivity index (χ4n) is 0.997. The van der Waals surface area contributed by atoms with Crippen LogP contribution < -0.4 is 0 Å². The van der Waals surface area contributed by atoms with Gasteiger partial charge in [-0.25, -0.2) is 0 Å². The topological polar surface area (TPSA) is 0 Å². The lowest BCUT2D eigenvalue weighted by Gasteiger charge is -1.99. The Kier molecular flexibility index (Phi) is 6.88. The molecule has 0 saturated carbocycles. The maximum absolute atomic E-state index is 5.61. The first-order valence-electron chi connectivity index (χ1n) is 4.23. The predicted octanol–water partition coefficient (Wildman–Crippen LogP) is 4.08. The lowest BCUT2D eigenvalue weighted by Crippen LogP contribution is -1.82. The smallest absolute Gasteiger partial charge is 0.0226 e. The number of rotatable bonds is 5. The Labute approximate surface area is 80.6 Å². The van der Waals surface area contributed by atoms with Crippen LogP contribution in [-0.2, 0) is 0 Å². The van der Waals surface area contributed by atoms with Gasteiger partial charge in [-0.05, 0) is 32.3 Å². The SMILES string of the molecule is C=C/C=C(\C=C(C)C)CCCCl. The van der Waals surface area contributed by atoms with Crippen molar-refractivity contribution in [2.45, 2.75) is 26.7 Å². The highest BCUT2D eigenvalue weighted by Gasteiger charge is 1.91. The second-order valence-electron chi connectivity index (χ2n) is 2.99. The van der Waals surface area contributed by atoms with Crippen LogP contribution in [0.25, 0.3) is 0 Å². The second-order valence-corrected chi connectivity index (χ2v) is 3.37. The van der Waals surface area contributed by atoms with Gasteiger partial charge >= 0.3 is 0 Å². The third kappa shape index (κ3) is 6.23. The zero-order valence-electron chi connectivity index (χ0n) is 7.94. The van der Waals surface area contributed by atoms with E-state index in [-0.39, 0.29) is 0 Å².